The van der Waals surface area contributed by atoms with Crippen LogP contribution in [0.5, 0.6) is 23.0 Å². The summed E-state index contributed by atoms with van der Waals surface area (Å²) < 4.78 is 24.4. The predicted molar refractivity (Wildman–Crippen MR) is 225 cm³/mol. The van der Waals surface area contributed by atoms with Crippen LogP contribution in [0.15, 0.2) is 72.8 Å². The third-order valence-electron chi connectivity index (χ3n) is 9.39. The number of carboxylic acid groups (broad SMARTS) is 2. The Kier molecular flexibility index (Phi) is 16.1. The lowest BCUT2D eigenvalue weighted by Gasteiger charge is -2.19. The molecule has 0 aliphatic rings. The van der Waals surface area contributed by atoms with Crippen LogP contribution in [-0.2, 0) is 0 Å². The maximum Gasteiger partial charge on any atom is 0.335 e. The van der Waals surface area contributed by atoms with Gasteiger partial charge in [0.15, 0.2) is 0 Å². The normalized spacial score (nSPS) is 12.1. The van der Waals surface area contributed by atoms with Crippen molar-refractivity contribution in [2.45, 2.75) is 80.8 Å². The first kappa shape index (κ1) is 44.7. The molecule has 0 spiro atoms. The van der Waals surface area contributed by atoms with Crippen molar-refractivity contribution < 1.29 is 48.3 Å². The number of anilines is 2. The SMILES string of the molecule is CCC(C)COc1cc(-c2ccc(C(=O)Nc3ccc(C(=O)O)cc3OC(C)CC)c(OCCC(C)C)c2)ccc1C(=O)Nc1ccc(C(=O)O)cc1OCC(C)C. The maximum atomic E-state index is 13.9. The Morgan fingerprint density at radius 2 is 1.07 bits per heavy atom. The van der Waals surface area contributed by atoms with E-state index in [-0.39, 0.29) is 51.7 Å². The lowest BCUT2D eigenvalue weighted by Crippen LogP contribution is -2.17. The third-order valence-corrected chi connectivity index (χ3v) is 9.39. The molecule has 4 aromatic rings. The molecule has 58 heavy (non-hydrogen) atoms. The summed E-state index contributed by atoms with van der Waals surface area (Å²) in [6, 6.07) is 19.1. The number of hydrogen-bond acceptors (Lipinski definition) is 8. The molecule has 2 amide bonds. The first-order valence-corrected chi connectivity index (χ1v) is 19.8. The van der Waals surface area contributed by atoms with E-state index in [9.17, 15) is 29.4 Å². The van der Waals surface area contributed by atoms with Gasteiger partial charge in [0.05, 0.1) is 59.6 Å². The number of ether oxygens (including phenoxy) is 4. The number of nitrogens with one attached hydrogen (secondary N) is 2. The summed E-state index contributed by atoms with van der Waals surface area (Å²) in [4.78, 5) is 51.2. The van der Waals surface area contributed by atoms with E-state index in [1.807, 2.05) is 27.7 Å². The van der Waals surface area contributed by atoms with E-state index in [0.29, 0.717) is 66.2 Å². The molecule has 0 aromatic heterocycles. The smallest absolute Gasteiger partial charge is 0.335 e. The van der Waals surface area contributed by atoms with Gasteiger partial charge in [0.25, 0.3) is 11.8 Å². The average molecular weight is 797 g/mol. The molecule has 0 fully saturated rings. The van der Waals surface area contributed by atoms with Gasteiger partial charge in [0.1, 0.15) is 23.0 Å². The van der Waals surface area contributed by atoms with Crippen LogP contribution < -0.4 is 29.6 Å². The average Bonchev–Trinajstić information content (AvgIpc) is 3.19. The van der Waals surface area contributed by atoms with Gasteiger partial charge in [-0.05, 0) is 109 Å². The van der Waals surface area contributed by atoms with Crippen molar-refractivity contribution in [3.8, 4) is 34.1 Å². The van der Waals surface area contributed by atoms with Crippen LogP contribution in [0.3, 0.4) is 0 Å². The first-order valence-electron chi connectivity index (χ1n) is 19.8. The molecule has 0 saturated carbocycles. The van der Waals surface area contributed by atoms with Crippen molar-refractivity contribution in [3.63, 3.8) is 0 Å². The van der Waals surface area contributed by atoms with Crippen molar-refractivity contribution in [2.75, 3.05) is 30.5 Å². The molecule has 0 aliphatic heterocycles. The number of rotatable bonds is 21. The zero-order valence-corrected chi connectivity index (χ0v) is 34.6. The van der Waals surface area contributed by atoms with Gasteiger partial charge in [0.2, 0.25) is 0 Å². The van der Waals surface area contributed by atoms with Crippen LogP contribution in [0.1, 0.15) is 116 Å². The fourth-order valence-corrected chi connectivity index (χ4v) is 5.44. The van der Waals surface area contributed by atoms with Crippen molar-refractivity contribution in [3.05, 3.63) is 95.1 Å². The van der Waals surface area contributed by atoms with Crippen molar-refractivity contribution >= 4 is 35.1 Å². The summed E-state index contributed by atoms with van der Waals surface area (Å²) in [6.45, 7) is 17.0. The highest BCUT2D eigenvalue weighted by Gasteiger charge is 2.22. The van der Waals surface area contributed by atoms with Crippen LogP contribution >= 0.6 is 0 Å². The Morgan fingerprint density at radius 1 is 0.569 bits per heavy atom. The highest BCUT2D eigenvalue weighted by atomic mass is 16.5. The molecule has 12 heteroatoms. The van der Waals surface area contributed by atoms with Crippen LogP contribution in [0, 0.1) is 17.8 Å². The van der Waals surface area contributed by atoms with Crippen molar-refractivity contribution in [2.24, 2.45) is 17.8 Å². The number of benzene rings is 4. The van der Waals surface area contributed by atoms with Gasteiger partial charge in [-0.3, -0.25) is 9.59 Å². The summed E-state index contributed by atoms with van der Waals surface area (Å²) in [7, 11) is 0. The molecule has 4 rings (SSSR count). The fraction of sp³-hybridized carbons (Fsp3) is 0.391. The second-order valence-electron chi connectivity index (χ2n) is 15.3. The van der Waals surface area contributed by atoms with Gasteiger partial charge in [-0.2, -0.15) is 0 Å². The maximum absolute atomic E-state index is 13.9. The first-order chi connectivity index (χ1) is 27.6. The Bertz CT molecular complexity index is 2080. The third kappa shape index (κ3) is 12.5. The van der Waals surface area contributed by atoms with Crippen LogP contribution in [0.2, 0.25) is 0 Å². The monoisotopic (exact) mass is 796 g/mol. The van der Waals surface area contributed by atoms with E-state index in [1.165, 1.54) is 36.4 Å². The quantitative estimate of drug-likeness (QED) is 0.0636. The molecule has 12 nitrogen and oxygen atoms in total. The summed E-state index contributed by atoms with van der Waals surface area (Å²) >= 11 is 0. The Labute approximate surface area is 340 Å². The molecule has 0 aliphatic carbocycles. The van der Waals surface area contributed by atoms with Crippen molar-refractivity contribution in [1.29, 1.82) is 0 Å². The van der Waals surface area contributed by atoms with E-state index < -0.39 is 23.8 Å². The molecule has 4 aromatic carbocycles. The van der Waals surface area contributed by atoms with Gasteiger partial charge in [-0.15, -0.1) is 0 Å². The zero-order valence-electron chi connectivity index (χ0n) is 34.6. The van der Waals surface area contributed by atoms with Gasteiger partial charge >= 0.3 is 11.9 Å². The van der Waals surface area contributed by atoms with Crippen LogP contribution in [0.25, 0.3) is 11.1 Å². The zero-order chi connectivity index (χ0) is 42.5. The molecule has 0 bridgehead atoms. The lowest BCUT2D eigenvalue weighted by atomic mass is 10.00. The Morgan fingerprint density at radius 3 is 1.55 bits per heavy atom. The summed E-state index contributed by atoms with van der Waals surface area (Å²) in [5, 5.41) is 24.9. The number of carboxylic acids is 2. The summed E-state index contributed by atoms with van der Waals surface area (Å²) in [6.07, 6.45) is 2.06. The molecule has 0 heterocycles. The van der Waals surface area contributed by atoms with Gasteiger partial charge in [-0.1, -0.05) is 67.0 Å². The molecule has 310 valence electrons. The van der Waals surface area contributed by atoms with Gasteiger partial charge < -0.3 is 39.8 Å². The molecule has 0 radical (unpaired) electrons. The molecule has 2 atom stereocenters. The molecule has 0 saturated heterocycles. The minimum absolute atomic E-state index is 0.0316. The van der Waals surface area contributed by atoms with E-state index in [2.05, 4.69) is 38.3 Å². The molecular weight excluding hydrogens is 741 g/mol. The fourth-order valence-electron chi connectivity index (χ4n) is 5.44. The van der Waals surface area contributed by atoms with Crippen molar-refractivity contribution in [1.82, 2.24) is 0 Å². The minimum atomic E-state index is -1.11. The largest absolute Gasteiger partial charge is 0.493 e. The molecular formula is C46H56N2O10. The number of aromatic carboxylic acids is 2. The second-order valence-corrected chi connectivity index (χ2v) is 15.3. The Hall–Kier alpha value is -6.04. The van der Waals surface area contributed by atoms with E-state index >= 15 is 0 Å². The Balaban J connectivity index is 1.72. The van der Waals surface area contributed by atoms with Crippen LogP contribution in [-0.4, -0.2) is 59.9 Å². The lowest BCUT2D eigenvalue weighted by molar-refractivity contribution is 0.0685. The van der Waals surface area contributed by atoms with Gasteiger partial charge in [-0.25, -0.2) is 9.59 Å². The minimum Gasteiger partial charge on any atom is -0.493 e. The standard InChI is InChI=1S/C46H56N2O10/c1-9-29(7)26-57-40-22-32(12-16-36(40)44(50)47-37-17-13-33(45(51)52)23-41(37)56-25-28(5)6)31-11-15-35(39(21-31)55-20-19-27(3)4)43(49)48-38-18-14-34(46(53)54)24-42(38)58-30(8)10-2/h11-18,21-24,27-30H,9-10,19-20,25-26H2,1-8H3,(H,47,50)(H,48,49)(H,51,52)(H,53,54). The van der Waals surface area contributed by atoms with Crippen LogP contribution in [0.4, 0.5) is 11.4 Å². The summed E-state index contributed by atoms with van der Waals surface area (Å²) in [5.74, 6) is -1.29. The summed E-state index contributed by atoms with van der Waals surface area (Å²) in [5.41, 5.74) is 2.64. The highest BCUT2D eigenvalue weighted by molar-refractivity contribution is 6.09. The van der Waals surface area contributed by atoms with E-state index in [4.69, 9.17) is 18.9 Å². The van der Waals surface area contributed by atoms with E-state index in [1.54, 1.807) is 36.4 Å². The highest BCUT2D eigenvalue weighted by Crippen LogP contribution is 2.35. The number of carbonyl (C=O) groups is 4. The number of carbonyl (C=O) groups excluding carboxylic acids is 2. The second kappa shape index (κ2) is 20.9. The molecule has 4 N–H and O–H groups in total. The predicted octanol–water partition coefficient (Wildman–Crippen LogP) is 10.3. The van der Waals surface area contributed by atoms with E-state index in [0.717, 1.165) is 12.8 Å². The van der Waals surface area contributed by atoms with Gasteiger partial charge in [0, 0.05) is 0 Å². The molecule has 2 unspecified atom stereocenters. The topological polar surface area (TPSA) is 170 Å². The number of hydrogen-bond donors (Lipinski definition) is 4. The number of amides is 2.